The fourth-order valence-electron chi connectivity index (χ4n) is 3.44. The van der Waals surface area contributed by atoms with E-state index in [0.717, 1.165) is 30.8 Å². The summed E-state index contributed by atoms with van der Waals surface area (Å²) in [4.78, 5) is 12.4. The van der Waals surface area contributed by atoms with Crippen molar-refractivity contribution in [1.29, 1.82) is 0 Å². The highest BCUT2D eigenvalue weighted by molar-refractivity contribution is 5.94. The number of hydrogen-bond acceptors (Lipinski definition) is 3. The first-order valence-corrected chi connectivity index (χ1v) is 8.68. The molecule has 0 atom stereocenters. The van der Waals surface area contributed by atoms with E-state index in [4.69, 9.17) is 0 Å². The summed E-state index contributed by atoms with van der Waals surface area (Å²) in [5.41, 5.74) is 1.68. The van der Waals surface area contributed by atoms with Crippen LogP contribution in [0.3, 0.4) is 0 Å². The van der Waals surface area contributed by atoms with Gasteiger partial charge in [-0.25, -0.2) is 8.78 Å². The van der Waals surface area contributed by atoms with Crippen LogP contribution in [-0.4, -0.2) is 20.5 Å². The average molecular weight is 356 g/mol. The lowest BCUT2D eigenvalue weighted by Gasteiger charge is -2.09. The lowest BCUT2D eigenvalue weighted by molar-refractivity contribution is 0.0950. The Bertz CT molecular complexity index is 963. The fraction of sp³-hybridized carbons (Fsp3) is 0.316. The molecule has 1 saturated carbocycles. The molecule has 5 nitrogen and oxygen atoms in total. The number of carbonyl (C=O) groups excluding carboxylic acids is 1. The van der Waals surface area contributed by atoms with Crippen LogP contribution in [0.2, 0.25) is 0 Å². The van der Waals surface area contributed by atoms with E-state index in [2.05, 4.69) is 15.5 Å². The molecule has 0 spiro atoms. The molecule has 0 radical (unpaired) electrons. The zero-order chi connectivity index (χ0) is 18.1. The largest absolute Gasteiger partial charge is 0.348 e. The third kappa shape index (κ3) is 3.16. The lowest BCUT2D eigenvalue weighted by Crippen LogP contribution is -2.23. The number of amides is 1. The van der Waals surface area contributed by atoms with Crippen LogP contribution >= 0.6 is 0 Å². The second-order valence-corrected chi connectivity index (χ2v) is 6.62. The van der Waals surface area contributed by atoms with Crippen LogP contribution in [0, 0.1) is 11.6 Å². The predicted molar refractivity (Wildman–Crippen MR) is 91.7 cm³/mol. The summed E-state index contributed by atoms with van der Waals surface area (Å²) >= 11 is 0. The van der Waals surface area contributed by atoms with Gasteiger partial charge in [0.15, 0.2) is 17.3 Å². The van der Waals surface area contributed by atoms with Gasteiger partial charge in [0.25, 0.3) is 5.91 Å². The zero-order valence-electron chi connectivity index (χ0n) is 14.1. The number of fused-ring (bicyclic) bond motifs is 1. The van der Waals surface area contributed by atoms with E-state index in [1.807, 2.05) is 4.40 Å². The maximum Gasteiger partial charge on any atom is 0.253 e. The van der Waals surface area contributed by atoms with Crippen molar-refractivity contribution in [2.45, 2.75) is 38.1 Å². The Kier molecular flexibility index (Phi) is 4.36. The van der Waals surface area contributed by atoms with Crippen molar-refractivity contribution >= 4 is 11.6 Å². The number of rotatable bonds is 4. The van der Waals surface area contributed by atoms with Crippen LogP contribution in [0.15, 0.2) is 36.5 Å². The van der Waals surface area contributed by atoms with Crippen molar-refractivity contribution in [1.82, 2.24) is 19.9 Å². The van der Waals surface area contributed by atoms with Crippen LogP contribution in [-0.2, 0) is 6.54 Å². The minimum Gasteiger partial charge on any atom is -0.348 e. The van der Waals surface area contributed by atoms with Gasteiger partial charge in [-0.05, 0) is 42.7 Å². The monoisotopic (exact) mass is 356 g/mol. The third-order valence-corrected chi connectivity index (χ3v) is 4.85. The molecule has 2 aromatic heterocycles. The number of nitrogens with one attached hydrogen (secondary N) is 1. The van der Waals surface area contributed by atoms with Crippen molar-refractivity contribution in [2.75, 3.05) is 0 Å². The Hall–Kier alpha value is -2.83. The maximum absolute atomic E-state index is 13.3. The number of hydrogen-bond donors (Lipinski definition) is 1. The molecule has 1 fully saturated rings. The maximum atomic E-state index is 13.3. The Morgan fingerprint density at radius 2 is 1.92 bits per heavy atom. The molecule has 0 saturated heterocycles. The highest BCUT2D eigenvalue weighted by Crippen LogP contribution is 2.33. The summed E-state index contributed by atoms with van der Waals surface area (Å²) in [5.74, 6) is -0.845. The molecule has 3 aromatic rings. The lowest BCUT2D eigenvalue weighted by atomic mass is 10.1. The molecule has 1 aliphatic carbocycles. The second-order valence-electron chi connectivity index (χ2n) is 6.62. The molecular formula is C19H18F2N4O. The first kappa shape index (κ1) is 16.6. The third-order valence-electron chi connectivity index (χ3n) is 4.85. The van der Waals surface area contributed by atoms with Gasteiger partial charge in [-0.3, -0.25) is 9.20 Å². The Labute approximate surface area is 149 Å². The molecule has 26 heavy (non-hydrogen) atoms. The van der Waals surface area contributed by atoms with E-state index in [-0.39, 0.29) is 12.5 Å². The van der Waals surface area contributed by atoms with Gasteiger partial charge in [-0.2, -0.15) is 0 Å². The minimum absolute atomic E-state index is 0.117. The van der Waals surface area contributed by atoms with Gasteiger partial charge in [-0.1, -0.05) is 18.9 Å². The Morgan fingerprint density at radius 1 is 1.12 bits per heavy atom. The van der Waals surface area contributed by atoms with Crippen molar-refractivity contribution < 1.29 is 13.6 Å². The van der Waals surface area contributed by atoms with Gasteiger partial charge in [-0.15, -0.1) is 10.2 Å². The summed E-state index contributed by atoms with van der Waals surface area (Å²) < 4.78 is 28.1. The Morgan fingerprint density at radius 3 is 2.69 bits per heavy atom. The van der Waals surface area contributed by atoms with Gasteiger partial charge in [0, 0.05) is 18.7 Å². The molecule has 0 aliphatic heterocycles. The van der Waals surface area contributed by atoms with Crippen LogP contribution in [0.4, 0.5) is 8.78 Å². The first-order chi connectivity index (χ1) is 12.6. The molecular weight excluding hydrogens is 338 g/mol. The van der Waals surface area contributed by atoms with E-state index in [1.165, 1.54) is 18.9 Å². The minimum atomic E-state index is -0.927. The van der Waals surface area contributed by atoms with Crippen LogP contribution in [0.5, 0.6) is 0 Å². The van der Waals surface area contributed by atoms with Gasteiger partial charge in [0.05, 0.1) is 5.56 Å². The summed E-state index contributed by atoms with van der Waals surface area (Å²) in [6.45, 7) is 0.117. The summed E-state index contributed by atoms with van der Waals surface area (Å²) in [5, 5.41) is 11.2. The molecule has 0 unspecified atom stereocenters. The van der Waals surface area contributed by atoms with Crippen molar-refractivity contribution in [3.05, 3.63) is 65.1 Å². The Balaban J connectivity index is 1.52. The second kappa shape index (κ2) is 6.82. The fourth-order valence-corrected chi connectivity index (χ4v) is 3.44. The number of carbonyl (C=O) groups is 1. The van der Waals surface area contributed by atoms with E-state index in [1.54, 1.807) is 18.3 Å². The van der Waals surface area contributed by atoms with Crippen LogP contribution < -0.4 is 5.32 Å². The smallest absolute Gasteiger partial charge is 0.253 e. The predicted octanol–water partition coefficient (Wildman–Crippen LogP) is 3.60. The number of nitrogens with zero attached hydrogens (tertiary/aromatic N) is 3. The zero-order valence-corrected chi connectivity index (χ0v) is 14.1. The van der Waals surface area contributed by atoms with Crippen molar-refractivity contribution in [3.63, 3.8) is 0 Å². The highest BCUT2D eigenvalue weighted by atomic mass is 19.2. The van der Waals surface area contributed by atoms with E-state index in [0.29, 0.717) is 22.7 Å². The number of aromatic nitrogens is 3. The standard InChI is InChI=1S/C19H18F2N4O/c20-15-7-5-12(9-16(15)21)10-22-19(26)14-6-8-17-23-24-18(25(17)11-14)13-3-1-2-4-13/h5-9,11,13H,1-4,10H2,(H,22,26). The van der Waals surface area contributed by atoms with Crippen molar-refractivity contribution in [3.8, 4) is 0 Å². The summed E-state index contributed by atoms with van der Waals surface area (Å²) in [6, 6.07) is 7.02. The average Bonchev–Trinajstić information content (AvgIpc) is 3.30. The van der Waals surface area contributed by atoms with Crippen LogP contribution in [0.25, 0.3) is 5.65 Å². The molecule has 7 heteroatoms. The van der Waals surface area contributed by atoms with Crippen molar-refractivity contribution in [2.24, 2.45) is 0 Å². The molecule has 1 aliphatic rings. The molecule has 4 rings (SSSR count). The summed E-state index contributed by atoms with van der Waals surface area (Å²) in [6.07, 6.45) is 6.30. The normalized spacial score (nSPS) is 14.8. The molecule has 0 bridgehead atoms. The molecule has 1 N–H and O–H groups in total. The molecule has 1 aromatic carbocycles. The summed E-state index contributed by atoms with van der Waals surface area (Å²) in [7, 11) is 0. The SMILES string of the molecule is O=C(NCc1ccc(F)c(F)c1)c1ccc2nnc(C3CCCC3)n2c1. The van der Waals surface area contributed by atoms with Gasteiger partial charge < -0.3 is 5.32 Å². The van der Waals surface area contributed by atoms with E-state index in [9.17, 15) is 13.6 Å². The number of halogens is 2. The first-order valence-electron chi connectivity index (χ1n) is 8.68. The van der Waals surface area contributed by atoms with Gasteiger partial charge >= 0.3 is 0 Å². The van der Waals surface area contributed by atoms with Crippen LogP contribution in [0.1, 0.15) is 53.3 Å². The van der Waals surface area contributed by atoms with Gasteiger partial charge in [0.1, 0.15) is 5.82 Å². The number of pyridine rings is 1. The quantitative estimate of drug-likeness (QED) is 0.777. The molecule has 1 amide bonds. The topological polar surface area (TPSA) is 59.3 Å². The molecule has 2 heterocycles. The molecule has 134 valence electrons. The van der Waals surface area contributed by atoms with E-state index < -0.39 is 11.6 Å². The number of benzene rings is 1. The van der Waals surface area contributed by atoms with E-state index >= 15 is 0 Å². The van der Waals surface area contributed by atoms with Gasteiger partial charge in [0.2, 0.25) is 0 Å². The highest BCUT2D eigenvalue weighted by Gasteiger charge is 2.22.